The van der Waals surface area contributed by atoms with Crippen LogP contribution in [0.2, 0.25) is 0 Å². The first kappa shape index (κ1) is 19.7. The van der Waals surface area contributed by atoms with Gasteiger partial charge in [0.2, 0.25) is 5.91 Å². The summed E-state index contributed by atoms with van der Waals surface area (Å²) in [5, 5.41) is 7.27. The van der Waals surface area contributed by atoms with E-state index in [9.17, 15) is 14.4 Å². The summed E-state index contributed by atoms with van der Waals surface area (Å²) in [4.78, 5) is 35.2. The minimum atomic E-state index is -0.376. The molecule has 1 saturated heterocycles. The Bertz CT molecular complexity index is 1080. The van der Waals surface area contributed by atoms with Crippen molar-refractivity contribution in [2.45, 2.75) is 11.7 Å². The van der Waals surface area contributed by atoms with Crippen LogP contribution >= 0.6 is 11.8 Å². The number of amides is 4. The molecule has 4 rings (SSSR count). The summed E-state index contributed by atoms with van der Waals surface area (Å²) in [5.41, 5.74) is 4.34. The first-order valence-corrected chi connectivity index (χ1v) is 10.3. The van der Waals surface area contributed by atoms with Gasteiger partial charge < -0.3 is 10.6 Å². The van der Waals surface area contributed by atoms with Crippen molar-refractivity contribution in [3.8, 4) is 11.1 Å². The van der Waals surface area contributed by atoms with E-state index in [4.69, 9.17) is 0 Å². The van der Waals surface area contributed by atoms with E-state index in [2.05, 4.69) is 16.0 Å². The van der Waals surface area contributed by atoms with Crippen molar-refractivity contribution in [3.63, 3.8) is 0 Å². The summed E-state index contributed by atoms with van der Waals surface area (Å²) in [7, 11) is 0. The lowest BCUT2D eigenvalue weighted by molar-refractivity contribution is -0.118. The number of thioether (sulfide) groups is 1. The van der Waals surface area contributed by atoms with Crippen molar-refractivity contribution in [1.29, 1.82) is 0 Å². The van der Waals surface area contributed by atoms with Crippen LogP contribution in [0.5, 0.6) is 0 Å². The number of hydrogen-bond acceptors (Lipinski definition) is 4. The molecule has 0 saturated carbocycles. The average molecular weight is 417 g/mol. The monoisotopic (exact) mass is 417 g/mol. The molecule has 0 bridgehead atoms. The van der Waals surface area contributed by atoms with Gasteiger partial charge in [0, 0.05) is 11.4 Å². The van der Waals surface area contributed by atoms with Gasteiger partial charge in [-0.2, -0.15) is 0 Å². The molecule has 4 amide bonds. The van der Waals surface area contributed by atoms with E-state index in [0.29, 0.717) is 12.1 Å². The largest absolute Gasteiger partial charge is 0.323 e. The first-order chi connectivity index (χ1) is 14.6. The number of benzene rings is 3. The lowest BCUT2D eigenvalue weighted by Gasteiger charge is -2.10. The molecule has 3 N–H and O–H groups in total. The highest BCUT2D eigenvalue weighted by Crippen LogP contribution is 2.26. The molecule has 3 aromatic rings. The van der Waals surface area contributed by atoms with Crippen LogP contribution in [0, 0.1) is 0 Å². The predicted molar refractivity (Wildman–Crippen MR) is 120 cm³/mol. The molecule has 3 aromatic carbocycles. The van der Waals surface area contributed by atoms with Crippen LogP contribution in [0.4, 0.5) is 21.0 Å². The predicted octanol–water partition coefficient (Wildman–Crippen LogP) is 4.89. The van der Waals surface area contributed by atoms with Crippen molar-refractivity contribution in [3.05, 3.63) is 84.4 Å². The van der Waals surface area contributed by atoms with Crippen LogP contribution < -0.4 is 16.0 Å². The van der Waals surface area contributed by atoms with Crippen LogP contribution in [0.15, 0.2) is 78.9 Å². The molecule has 1 aliphatic rings. The molecule has 1 atom stereocenters. The van der Waals surface area contributed by atoms with Gasteiger partial charge in [0.1, 0.15) is 0 Å². The molecule has 1 aliphatic heterocycles. The standard InChI is InChI=1S/C23H19N3O3S/c27-21-20(30-23(29)26-21)13-15-9-11-16(12-10-15)17-5-4-8-19(14-17)25-22(28)24-18-6-2-1-3-7-18/h1-12,14,20H,13H2,(H2,24,25,28)(H,26,27,29). The highest BCUT2D eigenvalue weighted by molar-refractivity contribution is 8.15. The van der Waals surface area contributed by atoms with E-state index in [1.165, 1.54) is 0 Å². The number of urea groups is 1. The van der Waals surface area contributed by atoms with Crippen molar-refractivity contribution in [1.82, 2.24) is 5.32 Å². The first-order valence-electron chi connectivity index (χ1n) is 9.41. The smallest absolute Gasteiger partial charge is 0.308 e. The topological polar surface area (TPSA) is 87.3 Å². The van der Waals surface area contributed by atoms with Crippen molar-refractivity contribution >= 4 is 40.3 Å². The zero-order chi connectivity index (χ0) is 20.9. The highest BCUT2D eigenvalue weighted by Gasteiger charge is 2.31. The van der Waals surface area contributed by atoms with Gasteiger partial charge in [-0.3, -0.25) is 14.9 Å². The van der Waals surface area contributed by atoms with Crippen molar-refractivity contribution in [2.75, 3.05) is 10.6 Å². The number of nitrogens with one attached hydrogen (secondary N) is 3. The Kier molecular flexibility index (Phi) is 5.81. The number of rotatable bonds is 5. The summed E-state index contributed by atoms with van der Waals surface area (Å²) >= 11 is 1.03. The molecule has 1 heterocycles. The van der Waals surface area contributed by atoms with Gasteiger partial charge in [0.15, 0.2) is 0 Å². The molecule has 1 unspecified atom stereocenters. The molecule has 6 nitrogen and oxygen atoms in total. The SMILES string of the molecule is O=C(Nc1ccccc1)Nc1cccc(-c2ccc(CC3SC(=O)NC3=O)cc2)c1. The number of hydrogen-bond donors (Lipinski definition) is 3. The third-order valence-corrected chi connectivity index (χ3v) is 5.61. The van der Waals surface area contributed by atoms with E-state index < -0.39 is 0 Å². The summed E-state index contributed by atoms with van der Waals surface area (Å²) in [6, 6.07) is 24.4. The van der Waals surface area contributed by atoms with Gasteiger partial charge in [0.25, 0.3) is 5.24 Å². The second kappa shape index (κ2) is 8.84. The van der Waals surface area contributed by atoms with Crippen LogP contribution in [0.1, 0.15) is 5.56 Å². The van der Waals surface area contributed by atoms with E-state index in [-0.39, 0.29) is 22.4 Å². The summed E-state index contributed by atoms with van der Waals surface area (Å²) in [5.74, 6) is -0.235. The van der Waals surface area contributed by atoms with E-state index in [1.54, 1.807) is 0 Å². The lowest BCUT2D eigenvalue weighted by Crippen LogP contribution is -2.25. The van der Waals surface area contributed by atoms with Crippen LogP contribution in [-0.2, 0) is 11.2 Å². The van der Waals surface area contributed by atoms with Gasteiger partial charge in [-0.1, -0.05) is 66.4 Å². The maximum atomic E-state index is 12.2. The zero-order valence-electron chi connectivity index (χ0n) is 15.9. The minimum Gasteiger partial charge on any atom is -0.308 e. The molecule has 1 fully saturated rings. The Hall–Kier alpha value is -3.58. The summed E-state index contributed by atoms with van der Waals surface area (Å²) in [6.45, 7) is 0. The van der Waals surface area contributed by atoms with Crippen molar-refractivity contribution < 1.29 is 14.4 Å². The fraction of sp³-hybridized carbons (Fsp3) is 0.0870. The maximum Gasteiger partial charge on any atom is 0.323 e. The molecule has 0 aromatic heterocycles. The van der Waals surface area contributed by atoms with Gasteiger partial charge in [-0.25, -0.2) is 4.79 Å². The summed E-state index contributed by atoms with van der Waals surface area (Å²) < 4.78 is 0. The second-order valence-electron chi connectivity index (χ2n) is 6.81. The molecule has 0 radical (unpaired) electrons. The third kappa shape index (κ3) is 4.87. The third-order valence-electron chi connectivity index (χ3n) is 4.63. The molecule has 7 heteroatoms. The fourth-order valence-electron chi connectivity index (χ4n) is 3.17. The van der Waals surface area contributed by atoms with Gasteiger partial charge >= 0.3 is 6.03 Å². The molecule has 0 spiro atoms. The van der Waals surface area contributed by atoms with Gasteiger partial charge in [-0.15, -0.1) is 0 Å². The highest BCUT2D eigenvalue weighted by atomic mass is 32.2. The quantitative estimate of drug-likeness (QED) is 0.551. The Morgan fingerprint density at radius 2 is 1.53 bits per heavy atom. The molecular weight excluding hydrogens is 398 g/mol. The molecule has 150 valence electrons. The van der Waals surface area contributed by atoms with Crippen LogP contribution in [0.25, 0.3) is 11.1 Å². The number of imide groups is 1. The van der Waals surface area contributed by atoms with Crippen LogP contribution in [-0.4, -0.2) is 22.4 Å². The Balaban J connectivity index is 1.41. The van der Waals surface area contributed by atoms with Gasteiger partial charge in [0.05, 0.1) is 5.25 Å². The minimum absolute atomic E-state index is 0.235. The van der Waals surface area contributed by atoms with E-state index in [0.717, 1.165) is 34.1 Å². The Morgan fingerprint density at radius 3 is 2.23 bits per heavy atom. The van der Waals surface area contributed by atoms with Crippen LogP contribution in [0.3, 0.4) is 0 Å². The normalized spacial score (nSPS) is 15.5. The summed E-state index contributed by atoms with van der Waals surface area (Å²) in [6.07, 6.45) is 0.504. The number of carbonyl (C=O) groups excluding carboxylic acids is 3. The lowest BCUT2D eigenvalue weighted by atomic mass is 10.0. The number of para-hydroxylation sites is 1. The second-order valence-corrected chi connectivity index (χ2v) is 7.99. The molecule has 0 aliphatic carbocycles. The maximum absolute atomic E-state index is 12.2. The Labute approximate surface area is 178 Å². The fourth-order valence-corrected chi connectivity index (χ4v) is 4.03. The molecular formula is C23H19N3O3S. The van der Waals surface area contributed by atoms with Crippen molar-refractivity contribution in [2.24, 2.45) is 0 Å². The number of anilines is 2. The Morgan fingerprint density at radius 1 is 0.833 bits per heavy atom. The average Bonchev–Trinajstić information content (AvgIpc) is 3.06. The van der Waals surface area contributed by atoms with E-state index >= 15 is 0 Å². The number of carbonyl (C=O) groups is 3. The van der Waals surface area contributed by atoms with E-state index in [1.807, 2.05) is 78.9 Å². The molecule has 30 heavy (non-hydrogen) atoms. The zero-order valence-corrected chi connectivity index (χ0v) is 16.7. The van der Waals surface area contributed by atoms with Gasteiger partial charge in [-0.05, 0) is 47.4 Å².